The second-order valence-corrected chi connectivity index (χ2v) is 4.98. The van der Waals surface area contributed by atoms with Gasteiger partial charge in [-0.25, -0.2) is 18.4 Å². The topological polar surface area (TPSA) is 69.6 Å². The molecule has 0 bridgehead atoms. The molecule has 21 heavy (non-hydrogen) atoms. The van der Waals surface area contributed by atoms with E-state index in [0.29, 0.717) is 12.4 Å². The minimum atomic E-state index is -0.870. The van der Waals surface area contributed by atoms with Crippen molar-refractivity contribution in [3.8, 4) is 0 Å². The lowest BCUT2D eigenvalue weighted by molar-refractivity contribution is 0.397. The summed E-state index contributed by atoms with van der Waals surface area (Å²) < 4.78 is 33.5. The molecule has 1 aromatic carbocycles. The zero-order chi connectivity index (χ0) is 14.7. The number of hydrogen-bond acceptors (Lipinski definition) is 6. The van der Waals surface area contributed by atoms with Gasteiger partial charge in [0.1, 0.15) is 19.2 Å². The minimum Gasteiger partial charge on any atom is -0.414 e. The van der Waals surface area contributed by atoms with Gasteiger partial charge in [-0.15, -0.1) is 10.2 Å². The Hall–Kier alpha value is -2.29. The average molecular weight is 309 g/mol. The molecular formula is C12H9F2N5OS. The maximum absolute atomic E-state index is 13.5. The van der Waals surface area contributed by atoms with Gasteiger partial charge in [0, 0.05) is 11.3 Å². The van der Waals surface area contributed by atoms with Crippen LogP contribution in [0.25, 0.3) is 0 Å². The van der Waals surface area contributed by atoms with Crippen LogP contribution in [0.1, 0.15) is 11.5 Å². The molecule has 0 spiro atoms. The van der Waals surface area contributed by atoms with E-state index in [-0.39, 0.29) is 16.5 Å². The van der Waals surface area contributed by atoms with Crippen LogP contribution in [-0.4, -0.2) is 25.0 Å². The predicted octanol–water partition coefficient (Wildman–Crippen LogP) is 2.28. The van der Waals surface area contributed by atoms with Crippen molar-refractivity contribution in [1.82, 2.24) is 25.0 Å². The van der Waals surface area contributed by atoms with Crippen molar-refractivity contribution in [2.45, 2.75) is 17.5 Å². The molecule has 3 aromatic rings. The third kappa shape index (κ3) is 3.24. The molecule has 0 saturated carbocycles. The van der Waals surface area contributed by atoms with Gasteiger partial charge in [0.25, 0.3) is 5.22 Å². The number of aromatic nitrogens is 5. The van der Waals surface area contributed by atoms with E-state index in [0.717, 1.165) is 17.8 Å². The fourth-order valence-electron chi connectivity index (χ4n) is 1.61. The second-order valence-electron chi connectivity index (χ2n) is 4.06. The first kappa shape index (κ1) is 13.7. The molecule has 0 amide bonds. The Labute approximate surface area is 122 Å². The first-order valence-corrected chi connectivity index (χ1v) is 6.91. The Morgan fingerprint density at radius 1 is 1.24 bits per heavy atom. The van der Waals surface area contributed by atoms with E-state index >= 15 is 0 Å². The third-order valence-corrected chi connectivity index (χ3v) is 3.46. The Morgan fingerprint density at radius 2 is 2.14 bits per heavy atom. The van der Waals surface area contributed by atoms with Crippen LogP contribution in [0.3, 0.4) is 0 Å². The predicted molar refractivity (Wildman–Crippen MR) is 69.3 cm³/mol. The van der Waals surface area contributed by atoms with E-state index in [1.807, 2.05) is 0 Å². The van der Waals surface area contributed by atoms with E-state index in [2.05, 4.69) is 20.3 Å². The van der Waals surface area contributed by atoms with Crippen LogP contribution in [0.2, 0.25) is 0 Å². The zero-order valence-electron chi connectivity index (χ0n) is 10.6. The van der Waals surface area contributed by atoms with Crippen LogP contribution in [0.4, 0.5) is 8.78 Å². The zero-order valence-corrected chi connectivity index (χ0v) is 11.4. The Morgan fingerprint density at radius 3 is 2.95 bits per heavy atom. The van der Waals surface area contributed by atoms with Gasteiger partial charge in [-0.3, -0.25) is 0 Å². The molecule has 0 N–H and O–H groups in total. The van der Waals surface area contributed by atoms with Crippen LogP contribution in [0.5, 0.6) is 0 Å². The Kier molecular flexibility index (Phi) is 3.91. The summed E-state index contributed by atoms with van der Waals surface area (Å²) in [4.78, 5) is 3.80. The highest BCUT2D eigenvalue weighted by Gasteiger charge is 2.11. The summed E-state index contributed by atoms with van der Waals surface area (Å²) >= 11 is 1.14. The summed E-state index contributed by atoms with van der Waals surface area (Å²) in [6, 6.07) is 4.04. The van der Waals surface area contributed by atoms with Crippen molar-refractivity contribution < 1.29 is 13.2 Å². The fourth-order valence-corrected chi connectivity index (χ4v) is 2.37. The summed E-state index contributed by atoms with van der Waals surface area (Å²) in [6.07, 6.45) is 2.93. The lowest BCUT2D eigenvalue weighted by atomic mass is 10.2. The van der Waals surface area contributed by atoms with Gasteiger partial charge in [0.15, 0.2) is 11.6 Å². The standard InChI is InChI=1S/C12H9F2N5OS/c13-9-3-1-2-8(11(9)14)5-21-12-18-17-10(20-12)4-19-7-15-6-16-19/h1-3,6-7H,4-5H2. The SMILES string of the molecule is Fc1cccc(CSc2nnc(Cn3cncn3)o2)c1F. The van der Waals surface area contributed by atoms with Gasteiger partial charge in [0.05, 0.1) is 0 Å². The van der Waals surface area contributed by atoms with E-state index in [1.54, 1.807) is 0 Å². The maximum atomic E-state index is 13.5. The van der Waals surface area contributed by atoms with Crippen LogP contribution in [-0.2, 0) is 12.3 Å². The Balaban J connectivity index is 1.63. The van der Waals surface area contributed by atoms with Crippen molar-refractivity contribution in [3.05, 3.63) is 53.9 Å². The van der Waals surface area contributed by atoms with Crippen LogP contribution >= 0.6 is 11.8 Å². The van der Waals surface area contributed by atoms with Crippen molar-refractivity contribution >= 4 is 11.8 Å². The largest absolute Gasteiger partial charge is 0.414 e. The van der Waals surface area contributed by atoms with Crippen LogP contribution in [0, 0.1) is 11.6 Å². The first-order valence-electron chi connectivity index (χ1n) is 5.93. The van der Waals surface area contributed by atoms with Crippen molar-refractivity contribution in [2.75, 3.05) is 0 Å². The maximum Gasteiger partial charge on any atom is 0.276 e. The van der Waals surface area contributed by atoms with E-state index < -0.39 is 11.6 Å². The van der Waals surface area contributed by atoms with Crippen molar-refractivity contribution in [1.29, 1.82) is 0 Å². The lowest BCUT2D eigenvalue weighted by Crippen LogP contribution is -1.99. The fraction of sp³-hybridized carbons (Fsp3) is 0.167. The van der Waals surface area contributed by atoms with E-state index in [1.165, 1.54) is 29.5 Å². The first-order chi connectivity index (χ1) is 10.2. The molecule has 0 aliphatic carbocycles. The molecule has 6 nitrogen and oxygen atoms in total. The molecule has 3 rings (SSSR count). The molecule has 0 atom stereocenters. The Bertz CT molecular complexity index is 731. The molecule has 0 aliphatic rings. The summed E-state index contributed by atoms with van der Waals surface area (Å²) in [5, 5.41) is 11.9. The summed E-state index contributed by atoms with van der Waals surface area (Å²) in [5.41, 5.74) is 0.246. The normalized spacial score (nSPS) is 11.0. The molecule has 0 radical (unpaired) electrons. The number of thioether (sulfide) groups is 1. The number of benzene rings is 1. The lowest BCUT2D eigenvalue weighted by Gasteiger charge is -2.01. The van der Waals surface area contributed by atoms with E-state index in [9.17, 15) is 8.78 Å². The molecule has 108 valence electrons. The monoisotopic (exact) mass is 309 g/mol. The summed E-state index contributed by atoms with van der Waals surface area (Å²) in [6.45, 7) is 0.307. The third-order valence-electron chi connectivity index (χ3n) is 2.59. The number of rotatable bonds is 5. The van der Waals surface area contributed by atoms with Crippen molar-refractivity contribution in [3.63, 3.8) is 0 Å². The molecule has 2 aromatic heterocycles. The number of halogens is 2. The average Bonchev–Trinajstić information content (AvgIpc) is 3.13. The minimum absolute atomic E-state index is 0.203. The van der Waals surface area contributed by atoms with Gasteiger partial charge in [-0.2, -0.15) is 5.10 Å². The highest BCUT2D eigenvalue weighted by atomic mass is 32.2. The molecule has 0 saturated heterocycles. The summed E-state index contributed by atoms with van der Waals surface area (Å²) in [5.74, 6) is -1.16. The molecular weight excluding hydrogens is 300 g/mol. The molecule has 0 fully saturated rings. The van der Waals surface area contributed by atoms with Gasteiger partial charge < -0.3 is 4.42 Å². The summed E-state index contributed by atoms with van der Waals surface area (Å²) in [7, 11) is 0. The highest BCUT2D eigenvalue weighted by Crippen LogP contribution is 2.23. The van der Waals surface area contributed by atoms with Gasteiger partial charge in [-0.1, -0.05) is 23.9 Å². The highest BCUT2D eigenvalue weighted by molar-refractivity contribution is 7.98. The van der Waals surface area contributed by atoms with Crippen LogP contribution in [0.15, 0.2) is 40.5 Å². The molecule has 0 unspecified atom stereocenters. The second kappa shape index (κ2) is 6.00. The quantitative estimate of drug-likeness (QED) is 0.673. The number of hydrogen-bond donors (Lipinski definition) is 0. The van der Waals surface area contributed by atoms with Crippen LogP contribution < -0.4 is 0 Å². The van der Waals surface area contributed by atoms with Gasteiger partial charge in [0.2, 0.25) is 5.89 Å². The van der Waals surface area contributed by atoms with E-state index in [4.69, 9.17) is 4.42 Å². The van der Waals surface area contributed by atoms with Gasteiger partial charge in [-0.05, 0) is 6.07 Å². The molecule has 2 heterocycles. The smallest absolute Gasteiger partial charge is 0.276 e. The number of nitrogens with zero attached hydrogens (tertiary/aromatic N) is 5. The van der Waals surface area contributed by atoms with Crippen molar-refractivity contribution in [2.24, 2.45) is 0 Å². The van der Waals surface area contributed by atoms with Gasteiger partial charge >= 0.3 is 0 Å². The molecule has 0 aliphatic heterocycles. The molecule has 9 heteroatoms.